The quantitative estimate of drug-likeness (QED) is 0.591. The maximum atomic E-state index is 12.7. The Morgan fingerprint density at radius 3 is 2.53 bits per heavy atom. The van der Waals surface area contributed by atoms with E-state index >= 15 is 0 Å². The Morgan fingerprint density at radius 1 is 1.17 bits per heavy atom. The fourth-order valence-corrected chi connectivity index (χ4v) is 3.34. The van der Waals surface area contributed by atoms with Gasteiger partial charge < -0.3 is 14.4 Å². The highest BCUT2D eigenvalue weighted by molar-refractivity contribution is 5.97. The highest BCUT2D eigenvalue weighted by Crippen LogP contribution is 2.24. The molecule has 3 heterocycles. The Bertz CT molecular complexity index is 1060. The van der Waals surface area contributed by atoms with Gasteiger partial charge in [-0.05, 0) is 31.2 Å². The van der Waals surface area contributed by atoms with Gasteiger partial charge in [-0.15, -0.1) is 13.2 Å². The Morgan fingerprint density at radius 2 is 1.87 bits per heavy atom. The minimum Gasteiger partial charge on any atom is -0.406 e. The van der Waals surface area contributed by atoms with Crippen molar-refractivity contribution in [2.75, 3.05) is 31.2 Å². The van der Waals surface area contributed by atoms with Crippen LogP contribution in [0.1, 0.15) is 21.7 Å². The van der Waals surface area contributed by atoms with Crippen molar-refractivity contribution in [3.05, 3.63) is 53.3 Å². The van der Waals surface area contributed by atoms with E-state index in [1.165, 1.54) is 12.1 Å². The zero-order chi connectivity index (χ0) is 21.3. The molecule has 0 N–H and O–H groups in total. The zero-order valence-corrected chi connectivity index (χ0v) is 16.1. The molecule has 30 heavy (non-hydrogen) atoms. The molecule has 1 aliphatic rings. The van der Waals surface area contributed by atoms with Crippen LogP contribution in [0.25, 0.3) is 5.65 Å². The molecule has 0 unspecified atom stereocenters. The molecule has 0 atom stereocenters. The van der Waals surface area contributed by atoms with E-state index in [0.717, 1.165) is 23.6 Å². The molecule has 7 nitrogen and oxygen atoms in total. The molecule has 3 aromatic rings. The number of aromatic nitrogens is 3. The molecule has 0 saturated carbocycles. The first-order valence-corrected chi connectivity index (χ1v) is 9.36. The number of aryl methyl sites for hydroxylation is 1. The predicted octanol–water partition coefficient (Wildman–Crippen LogP) is 3.20. The number of ketones is 1. The number of nitrogens with zero attached hydrogens (tertiary/aromatic N) is 4. The minimum absolute atomic E-state index is 0.0115. The van der Waals surface area contributed by atoms with Gasteiger partial charge in [0.2, 0.25) is 0 Å². The van der Waals surface area contributed by atoms with Crippen LogP contribution in [-0.4, -0.2) is 53.0 Å². The predicted molar refractivity (Wildman–Crippen MR) is 102 cm³/mol. The van der Waals surface area contributed by atoms with Crippen molar-refractivity contribution in [2.24, 2.45) is 0 Å². The first-order chi connectivity index (χ1) is 14.3. The van der Waals surface area contributed by atoms with Crippen LogP contribution in [0.4, 0.5) is 19.0 Å². The first kappa shape index (κ1) is 20.1. The minimum atomic E-state index is -4.77. The second-order valence-corrected chi connectivity index (χ2v) is 6.93. The monoisotopic (exact) mass is 420 g/mol. The number of anilines is 1. The van der Waals surface area contributed by atoms with Crippen molar-refractivity contribution in [3.63, 3.8) is 0 Å². The summed E-state index contributed by atoms with van der Waals surface area (Å²) in [6.07, 6.45) is -4.76. The van der Waals surface area contributed by atoms with Crippen LogP contribution in [-0.2, 0) is 11.2 Å². The summed E-state index contributed by atoms with van der Waals surface area (Å²) in [4.78, 5) is 19.3. The molecule has 1 aliphatic heterocycles. The van der Waals surface area contributed by atoms with Gasteiger partial charge in [0.25, 0.3) is 0 Å². The summed E-state index contributed by atoms with van der Waals surface area (Å²) in [6, 6.07) is 8.53. The van der Waals surface area contributed by atoms with Crippen molar-refractivity contribution in [1.29, 1.82) is 0 Å². The van der Waals surface area contributed by atoms with Gasteiger partial charge in [-0.1, -0.05) is 0 Å². The highest BCUT2D eigenvalue weighted by Gasteiger charge is 2.31. The largest absolute Gasteiger partial charge is 0.573 e. The number of benzene rings is 1. The van der Waals surface area contributed by atoms with Gasteiger partial charge in [0.1, 0.15) is 11.6 Å². The van der Waals surface area contributed by atoms with Crippen molar-refractivity contribution in [2.45, 2.75) is 19.7 Å². The molecule has 158 valence electrons. The van der Waals surface area contributed by atoms with Crippen molar-refractivity contribution < 1.29 is 27.4 Å². The summed E-state index contributed by atoms with van der Waals surface area (Å²) in [6.45, 7) is 4.47. The van der Waals surface area contributed by atoms with E-state index in [1.807, 2.05) is 19.1 Å². The number of carbonyl (C=O) groups is 1. The summed E-state index contributed by atoms with van der Waals surface area (Å²) >= 11 is 0. The average molecular weight is 420 g/mol. The first-order valence-electron chi connectivity index (χ1n) is 9.36. The van der Waals surface area contributed by atoms with Crippen molar-refractivity contribution in [1.82, 2.24) is 14.6 Å². The molecule has 0 radical (unpaired) electrons. The molecule has 1 fully saturated rings. The molecule has 1 saturated heterocycles. The Hall–Kier alpha value is -3.14. The van der Waals surface area contributed by atoms with E-state index in [2.05, 4.69) is 19.7 Å². The lowest BCUT2D eigenvalue weighted by molar-refractivity contribution is -0.274. The fourth-order valence-electron chi connectivity index (χ4n) is 3.34. The number of rotatable bonds is 5. The molecule has 10 heteroatoms. The van der Waals surface area contributed by atoms with E-state index in [-0.39, 0.29) is 23.5 Å². The van der Waals surface area contributed by atoms with Crippen LogP contribution in [0, 0.1) is 6.92 Å². The third-order valence-electron chi connectivity index (χ3n) is 4.67. The Labute approximate surface area is 170 Å². The lowest BCUT2D eigenvalue weighted by atomic mass is 10.1. The van der Waals surface area contributed by atoms with E-state index in [1.54, 1.807) is 4.52 Å². The lowest BCUT2D eigenvalue weighted by Crippen LogP contribution is -2.37. The summed E-state index contributed by atoms with van der Waals surface area (Å²) < 4.78 is 47.9. The Kier molecular flexibility index (Phi) is 5.33. The molecule has 1 aromatic carbocycles. The number of carbonyl (C=O) groups excluding carboxylic acids is 1. The molecule has 2 aromatic heterocycles. The number of fused-ring (bicyclic) bond motifs is 1. The zero-order valence-electron chi connectivity index (χ0n) is 16.1. The fraction of sp³-hybridized carbons (Fsp3) is 0.350. The van der Waals surface area contributed by atoms with Crippen LogP contribution in [0.3, 0.4) is 0 Å². The van der Waals surface area contributed by atoms with Gasteiger partial charge in [-0.25, -0.2) is 4.98 Å². The smallest absolute Gasteiger partial charge is 0.406 e. The molecule has 0 aliphatic carbocycles. The molecular weight excluding hydrogens is 401 g/mol. The molecule has 0 amide bonds. The summed E-state index contributed by atoms with van der Waals surface area (Å²) in [5.74, 6) is 0.200. The second kappa shape index (κ2) is 7.94. The highest BCUT2D eigenvalue weighted by atomic mass is 19.4. The van der Waals surface area contributed by atoms with Gasteiger partial charge in [0, 0.05) is 30.8 Å². The van der Waals surface area contributed by atoms with E-state index < -0.39 is 6.36 Å². The van der Waals surface area contributed by atoms with Crippen LogP contribution < -0.4 is 9.64 Å². The lowest BCUT2D eigenvalue weighted by Gasteiger charge is -2.29. The van der Waals surface area contributed by atoms with E-state index in [0.29, 0.717) is 37.6 Å². The molecule has 0 bridgehead atoms. The van der Waals surface area contributed by atoms with Crippen LogP contribution in [0.2, 0.25) is 0 Å². The van der Waals surface area contributed by atoms with E-state index in [9.17, 15) is 18.0 Å². The second-order valence-electron chi connectivity index (χ2n) is 6.93. The number of alkyl halides is 3. The average Bonchev–Trinajstić information content (AvgIpc) is 3.07. The third-order valence-corrected chi connectivity index (χ3v) is 4.67. The van der Waals surface area contributed by atoms with Crippen molar-refractivity contribution in [3.8, 4) is 5.75 Å². The third kappa shape index (κ3) is 4.54. The summed E-state index contributed by atoms with van der Waals surface area (Å²) in [5, 5.41) is 4.49. The summed E-state index contributed by atoms with van der Waals surface area (Å²) in [7, 11) is 0. The van der Waals surface area contributed by atoms with Crippen LogP contribution >= 0.6 is 0 Å². The van der Waals surface area contributed by atoms with Gasteiger partial charge >= 0.3 is 6.36 Å². The maximum Gasteiger partial charge on any atom is 0.573 e. The number of hydrogen-bond acceptors (Lipinski definition) is 6. The van der Waals surface area contributed by atoms with Crippen molar-refractivity contribution >= 4 is 17.2 Å². The summed E-state index contributed by atoms with van der Waals surface area (Å²) in [5.41, 5.74) is 2.28. The van der Waals surface area contributed by atoms with Gasteiger partial charge in [-0.3, -0.25) is 4.79 Å². The van der Waals surface area contributed by atoms with Crippen LogP contribution in [0.15, 0.2) is 36.4 Å². The number of morpholine rings is 1. The molecule has 4 rings (SSSR count). The number of Topliss-reactive ketones (excluding diaryl/α,β-unsaturated/α-hetero) is 1. The number of ether oxygens (including phenoxy) is 2. The topological polar surface area (TPSA) is 69.0 Å². The standard InChI is InChI=1S/C20H19F3N4O3/c1-13-10-18-24-15(12-19(27(18)25-13)26-6-8-29-9-7-26)11-17(28)14-2-4-16(5-3-14)30-20(21,22)23/h2-5,10,12H,6-9,11H2,1H3. The molecular formula is C20H19F3N4O3. The van der Waals surface area contributed by atoms with Crippen LogP contribution in [0.5, 0.6) is 5.75 Å². The SMILES string of the molecule is Cc1cc2nc(CC(=O)c3ccc(OC(F)(F)F)cc3)cc(N3CCOCC3)n2n1. The maximum absolute atomic E-state index is 12.7. The number of halogens is 3. The van der Waals surface area contributed by atoms with Gasteiger partial charge in [0.05, 0.1) is 31.0 Å². The van der Waals surface area contributed by atoms with Gasteiger partial charge in [0.15, 0.2) is 11.4 Å². The Balaban J connectivity index is 1.58. The normalized spacial score (nSPS) is 14.9. The number of hydrogen-bond donors (Lipinski definition) is 0. The van der Waals surface area contributed by atoms with Gasteiger partial charge in [-0.2, -0.15) is 9.61 Å². The molecule has 0 spiro atoms. The van der Waals surface area contributed by atoms with E-state index in [4.69, 9.17) is 4.74 Å².